The number of hydrogen-bond donors (Lipinski definition) is 1. The molecule has 260 valence electrons. The molecule has 44 heavy (non-hydrogen) atoms. The Kier molecular flexibility index (Phi) is 30.1. The van der Waals surface area contributed by atoms with Crippen LogP contribution in [0.3, 0.4) is 0 Å². The van der Waals surface area contributed by atoms with E-state index in [1.807, 2.05) is 0 Å². The Balaban J connectivity index is 2.35. The quantitative estimate of drug-likeness (QED) is 0.0579. The number of hydrogen-bond acceptors (Lipinski definition) is 0. The Labute approximate surface area is 278 Å². The molecule has 0 radical (unpaired) electrons. The summed E-state index contributed by atoms with van der Waals surface area (Å²) < 4.78 is 2.64. The lowest BCUT2D eigenvalue weighted by atomic mass is 9.92. The predicted molar refractivity (Wildman–Crippen MR) is 198 cm³/mol. The van der Waals surface area contributed by atoms with Crippen LogP contribution < -0.4 is 4.57 Å². The van der Waals surface area contributed by atoms with Crippen LogP contribution in [0.4, 0.5) is 0 Å². The summed E-state index contributed by atoms with van der Waals surface area (Å²) in [4.78, 5) is 3.75. The minimum atomic E-state index is 0.619. The van der Waals surface area contributed by atoms with Crippen molar-refractivity contribution < 1.29 is 4.57 Å². The van der Waals surface area contributed by atoms with Crippen LogP contribution >= 0.6 is 0 Å². The van der Waals surface area contributed by atoms with Crippen molar-refractivity contribution in [2.24, 2.45) is 0 Å². The molecule has 2 heteroatoms. The van der Waals surface area contributed by atoms with E-state index in [4.69, 9.17) is 0 Å². The average molecular weight is 616 g/mol. The second-order valence-corrected chi connectivity index (χ2v) is 14.7. The third-order valence-corrected chi connectivity index (χ3v) is 10.4. The Morgan fingerprint density at radius 3 is 1.07 bits per heavy atom. The molecule has 0 spiro atoms. The average Bonchev–Trinajstić information content (AvgIpc) is 3.53. The van der Waals surface area contributed by atoms with E-state index < -0.39 is 0 Å². The van der Waals surface area contributed by atoms with E-state index in [1.54, 1.807) is 0 Å². The van der Waals surface area contributed by atoms with Crippen molar-refractivity contribution in [2.75, 3.05) is 0 Å². The van der Waals surface area contributed by atoms with Crippen LogP contribution in [-0.2, 0) is 0 Å². The molecule has 0 saturated carbocycles. The molecular weight excluding hydrogens is 532 g/mol. The van der Waals surface area contributed by atoms with Crippen molar-refractivity contribution in [3.05, 3.63) is 18.2 Å². The molecular formula is C42H83N2+. The third-order valence-electron chi connectivity index (χ3n) is 10.4. The molecule has 2 nitrogen and oxygen atoms in total. The highest BCUT2D eigenvalue weighted by atomic mass is 15.1. The van der Waals surface area contributed by atoms with Gasteiger partial charge in [-0.25, -0.2) is 9.55 Å². The number of rotatable bonds is 35. The van der Waals surface area contributed by atoms with Crippen molar-refractivity contribution in [2.45, 2.75) is 252 Å². The number of nitrogens with one attached hydrogen (secondary N) is 1. The van der Waals surface area contributed by atoms with Gasteiger partial charge in [0.1, 0.15) is 12.4 Å². The Morgan fingerprint density at radius 1 is 0.432 bits per heavy atom. The lowest BCUT2D eigenvalue weighted by molar-refractivity contribution is -0.727. The molecule has 1 N–H and O–H groups in total. The first-order valence-corrected chi connectivity index (χ1v) is 20.8. The van der Waals surface area contributed by atoms with Crippen LogP contribution in [-0.4, -0.2) is 4.98 Å². The van der Waals surface area contributed by atoms with Crippen molar-refractivity contribution in [3.63, 3.8) is 0 Å². The van der Waals surface area contributed by atoms with Gasteiger partial charge in [-0.05, 0) is 32.6 Å². The van der Waals surface area contributed by atoms with Crippen LogP contribution in [0, 0.1) is 0 Å². The standard InChI is InChI=1S/C42H82N2/c1-5-8-11-14-17-19-21-23-25-27-29-32-35-40(4)44-39-38-43-42(44)41(36-33-30-16-13-10-7-3)37-34-31-28-26-24-22-20-18-15-12-9-6-2/h38-41H,5-37H2,1-4H3/p+1. The van der Waals surface area contributed by atoms with Crippen LogP contribution in [0.1, 0.15) is 257 Å². The Bertz CT molecular complexity index is 679. The Hall–Kier alpha value is -0.790. The fraction of sp³-hybridized carbons (Fsp3) is 0.929. The fourth-order valence-corrected chi connectivity index (χ4v) is 7.31. The van der Waals surface area contributed by atoms with E-state index >= 15 is 0 Å². The highest BCUT2D eigenvalue weighted by Gasteiger charge is 2.25. The summed E-state index contributed by atoms with van der Waals surface area (Å²) in [6.45, 7) is 9.43. The zero-order chi connectivity index (χ0) is 31.8. The molecule has 0 saturated heterocycles. The van der Waals surface area contributed by atoms with Gasteiger partial charge in [0, 0.05) is 0 Å². The van der Waals surface area contributed by atoms with Crippen molar-refractivity contribution in [3.8, 4) is 0 Å². The summed E-state index contributed by atoms with van der Waals surface area (Å²) in [5.74, 6) is 2.25. The number of imidazole rings is 1. The summed E-state index contributed by atoms with van der Waals surface area (Å²) in [6.07, 6.45) is 51.7. The molecule has 1 rings (SSSR count). The first-order chi connectivity index (χ1) is 21.7. The maximum absolute atomic E-state index is 3.75. The number of nitrogens with zero attached hydrogens (tertiary/aromatic N) is 1. The summed E-state index contributed by atoms with van der Waals surface area (Å²) in [6, 6.07) is 0.619. The molecule has 0 aromatic carbocycles. The maximum atomic E-state index is 3.75. The first kappa shape index (κ1) is 41.2. The lowest BCUT2D eigenvalue weighted by Crippen LogP contribution is -2.41. The minimum Gasteiger partial charge on any atom is -0.247 e. The maximum Gasteiger partial charge on any atom is 0.257 e. The predicted octanol–water partition coefficient (Wildman–Crippen LogP) is 14.9. The molecule has 1 aromatic rings. The second-order valence-electron chi connectivity index (χ2n) is 14.7. The van der Waals surface area contributed by atoms with Gasteiger partial charge in [-0.1, -0.05) is 207 Å². The van der Waals surface area contributed by atoms with E-state index in [9.17, 15) is 0 Å². The molecule has 2 unspecified atom stereocenters. The van der Waals surface area contributed by atoms with Gasteiger partial charge < -0.3 is 0 Å². The van der Waals surface area contributed by atoms with Gasteiger partial charge in [-0.2, -0.15) is 0 Å². The monoisotopic (exact) mass is 616 g/mol. The number of H-pyrrole nitrogens is 1. The van der Waals surface area contributed by atoms with Crippen LogP contribution in [0.5, 0.6) is 0 Å². The number of aromatic amines is 1. The highest BCUT2D eigenvalue weighted by molar-refractivity contribution is 4.90. The topological polar surface area (TPSA) is 19.7 Å². The second kappa shape index (κ2) is 32.2. The molecule has 0 fully saturated rings. The van der Waals surface area contributed by atoms with Crippen molar-refractivity contribution in [1.29, 1.82) is 0 Å². The number of unbranched alkanes of at least 4 members (excludes halogenated alkanes) is 27. The SMILES string of the molecule is CCCCCCCCCCCCCCC(CCCCCCCC)c1[nH]cc[n+]1C(C)CCCCCCCCCCCCCC. The van der Waals surface area contributed by atoms with Crippen LogP contribution in [0.25, 0.3) is 0 Å². The molecule has 1 aromatic heterocycles. The fourth-order valence-electron chi connectivity index (χ4n) is 7.31. The summed E-state index contributed by atoms with van der Waals surface area (Å²) in [7, 11) is 0. The van der Waals surface area contributed by atoms with Gasteiger partial charge in [0.15, 0.2) is 0 Å². The third kappa shape index (κ3) is 23.5. The largest absolute Gasteiger partial charge is 0.257 e. The molecule has 1 heterocycles. The van der Waals surface area contributed by atoms with Crippen LogP contribution in [0.2, 0.25) is 0 Å². The summed E-state index contributed by atoms with van der Waals surface area (Å²) in [5.41, 5.74) is 0. The molecule has 0 aliphatic heterocycles. The van der Waals surface area contributed by atoms with E-state index in [1.165, 1.54) is 218 Å². The number of aromatic nitrogens is 2. The Morgan fingerprint density at radius 2 is 0.727 bits per heavy atom. The first-order valence-electron chi connectivity index (χ1n) is 20.8. The van der Waals surface area contributed by atoms with Gasteiger partial charge >= 0.3 is 0 Å². The molecule has 0 aliphatic carbocycles. The minimum absolute atomic E-state index is 0.619. The van der Waals surface area contributed by atoms with Gasteiger partial charge in [-0.3, -0.25) is 0 Å². The zero-order valence-electron chi connectivity index (χ0n) is 31.1. The highest BCUT2D eigenvalue weighted by Crippen LogP contribution is 2.27. The lowest BCUT2D eigenvalue weighted by Gasteiger charge is -2.17. The van der Waals surface area contributed by atoms with Crippen molar-refractivity contribution >= 4 is 0 Å². The summed E-state index contributed by atoms with van der Waals surface area (Å²) in [5, 5.41) is 0. The molecule has 2 atom stereocenters. The van der Waals surface area contributed by atoms with Gasteiger partial charge in [0.05, 0.1) is 12.0 Å². The van der Waals surface area contributed by atoms with E-state index in [-0.39, 0.29) is 0 Å². The van der Waals surface area contributed by atoms with Gasteiger partial charge in [0.2, 0.25) is 0 Å². The van der Waals surface area contributed by atoms with E-state index in [0.717, 1.165) is 0 Å². The van der Waals surface area contributed by atoms with Gasteiger partial charge in [-0.15, -0.1) is 0 Å². The molecule has 0 amide bonds. The van der Waals surface area contributed by atoms with E-state index in [0.29, 0.717) is 12.0 Å². The summed E-state index contributed by atoms with van der Waals surface area (Å²) >= 11 is 0. The zero-order valence-corrected chi connectivity index (χ0v) is 31.1. The smallest absolute Gasteiger partial charge is 0.247 e. The van der Waals surface area contributed by atoms with Crippen molar-refractivity contribution in [1.82, 2.24) is 4.98 Å². The van der Waals surface area contributed by atoms with Gasteiger partial charge in [0.25, 0.3) is 5.82 Å². The molecule has 0 bridgehead atoms. The van der Waals surface area contributed by atoms with Crippen LogP contribution in [0.15, 0.2) is 12.4 Å². The van der Waals surface area contributed by atoms with E-state index in [2.05, 4.69) is 49.6 Å². The normalized spacial score (nSPS) is 13.1. The molecule has 0 aliphatic rings.